The van der Waals surface area contributed by atoms with Crippen molar-refractivity contribution in [3.63, 3.8) is 0 Å². The Labute approximate surface area is 114 Å². The molecule has 0 radical (unpaired) electrons. The molecule has 2 aromatic rings. The molecule has 2 rings (SSSR count). The highest BCUT2D eigenvalue weighted by Gasteiger charge is 2.34. The summed E-state index contributed by atoms with van der Waals surface area (Å²) in [6.07, 6.45) is -4.33. The zero-order valence-corrected chi connectivity index (χ0v) is 10.5. The summed E-state index contributed by atoms with van der Waals surface area (Å²) < 4.78 is 51.9. The summed E-state index contributed by atoms with van der Waals surface area (Å²) in [6.45, 7) is 0. The Morgan fingerprint density at radius 1 is 1.00 bits per heavy atom. The molecule has 0 spiro atoms. The molecule has 1 atom stereocenters. The lowest BCUT2D eigenvalue weighted by atomic mass is 9.95. The van der Waals surface area contributed by atoms with Crippen LogP contribution in [-0.4, -0.2) is 0 Å². The maximum atomic E-state index is 13.2. The fourth-order valence-corrected chi connectivity index (χ4v) is 2.08. The van der Waals surface area contributed by atoms with E-state index in [0.717, 1.165) is 23.8 Å². The van der Waals surface area contributed by atoms with Crippen molar-refractivity contribution in [3.8, 4) is 0 Å². The Morgan fingerprint density at radius 2 is 1.65 bits per heavy atom. The number of benzene rings is 2. The summed E-state index contributed by atoms with van der Waals surface area (Å²) in [7, 11) is 0. The summed E-state index contributed by atoms with van der Waals surface area (Å²) >= 11 is 0. The second-order valence-corrected chi connectivity index (χ2v) is 4.53. The first-order valence-corrected chi connectivity index (χ1v) is 6.04. The molecule has 0 aliphatic carbocycles. The number of rotatable bonds is 3. The number of halogens is 4. The van der Waals surface area contributed by atoms with Gasteiger partial charge in [-0.05, 0) is 35.7 Å². The van der Waals surface area contributed by atoms with E-state index in [4.69, 9.17) is 5.73 Å². The van der Waals surface area contributed by atoms with Gasteiger partial charge in [-0.25, -0.2) is 4.39 Å². The second-order valence-electron chi connectivity index (χ2n) is 4.53. The standard InChI is InChI=1S/C15H13F4N/c16-11-6-7-13(15(17,18)19)12(9-11)14(20)8-10-4-2-1-3-5-10/h1-7,9,14H,8,20H2. The minimum Gasteiger partial charge on any atom is -0.324 e. The first kappa shape index (κ1) is 14.5. The molecular weight excluding hydrogens is 270 g/mol. The summed E-state index contributed by atoms with van der Waals surface area (Å²) in [5.41, 5.74) is 5.52. The number of hydrogen-bond acceptors (Lipinski definition) is 1. The van der Waals surface area contributed by atoms with Crippen LogP contribution in [0.2, 0.25) is 0 Å². The first-order valence-electron chi connectivity index (χ1n) is 6.04. The third-order valence-electron chi connectivity index (χ3n) is 3.02. The van der Waals surface area contributed by atoms with Crippen molar-refractivity contribution < 1.29 is 17.6 Å². The molecule has 1 unspecified atom stereocenters. The van der Waals surface area contributed by atoms with Crippen LogP contribution in [0.5, 0.6) is 0 Å². The van der Waals surface area contributed by atoms with E-state index in [-0.39, 0.29) is 12.0 Å². The van der Waals surface area contributed by atoms with Crippen molar-refractivity contribution in [1.29, 1.82) is 0 Å². The lowest BCUT2D eigenvalue weighted by Crippen LogP contribution is -2.19. The van der Waals surface area contributed by atoms with Gasteiger partial charge in [-0.2, -0.15) is 13.2 Å². The SMILES string of the molecule is NC(Cc1ccccc1)c1cc(F)ccc1C(F)(F)F. The van der Waals surface area contributed by atoms with E-state index in [1.807, 2.05) is 0 Å². The molecule has 20 heavy (non-hydrogen) atoms. The predicted octanol–water partition coefficient (Wildman–Crippen LogP) is 4.09. The molecule has 0 aliphatic heterocycles. The highest BCUT2D eigenvalue weighted by Crippen LogP contribution is 2.35. The van der Waals surface area contributed by atoms with E-state index in [2.05, 4.69) is 0 Å². The second kappa shape index (κ2) is 5.63. The van der Waals surface area contributed by atoms with Gasteiger partial charge in [0.15, 0.2) is 0 Å². The molecule has 2 N–H and O–H groups in total. The fourth-order valence-electron chi connectivity index (χ4n) is 2.08. The van der Waals surface area contributed by atoms with Gasteiger partial charge in [-0.15, -0.1) is 0 Å². The molecule has 106 valence electrons. The molecule has 0 fully saturated rings. The molecule has 0 heterocycles. The summed E-state index contributed by atoms with van der Waals surface area (Å²) in [5.74, 6) is -0.725. The van der Waals surface area contributed by atoms with E-state index in [1.54, 1.807) is 30.3 Å². The molecule has 0 bridgehead atoms. The van der Waals surface area contributed by atoms with Gasteiger partial charge in [-0.3, -0.25) is 0 Å². The predicted molar refractivity (Wildman–Crippen MR) is 68.5 cm³/mol. The van der Waals surface area contributed by atoms with Crippen molar-refractivity contribution >= 4 is 0 Å². The van der Waals surface area contributed by atoms with Crippen LogP contribution in [0, 0.1) is 5.82 Å². The number of nitrogens with two attached hydrogens (primary N) is 1. The minimum atomic E-state index is -4.54. The van der Waals surface area contributed by atoms with Gasteiger partial charge in [0.05, 0.1) is 5.56 Å². The molecule has 0 saturated heterocycles. The van der Waals surface area contributed by atoms with Crippen molar-refractivity contribution in [2.75, 3.05) is 0 Å². The molecule has 0 amide bonds. The topological polar surface area (TPSA) is 26.0 Å². The third-order valence-corrected chi connectivity index (χ3v) is 3.02. The smallest absolute Gasteiger partial charge is 0.324 e. The van der Waals surface area contributed by atoms with Crippen LogP contribution >= 0.6 is 0 Å². The average Bonchev–Trinajstić information content (AvgIpc) is 2.38. The maximum absolute atomic E-state index is 13.2. The molecule has 1 nitrogen and oxygen atoms in total. The van der Waals surface area contributed by atoms with Gasteiger partial charge in [0, 0.05) is 6.04 Å². The van der Waals surface area contributed by atoms with Crippen LogP contribution in [0.1, 0.15) is 22.7 Å². The van der Waals surface area contributed by atoms with Gasteiger partial charge >= 0.3 is 6.18 Å². The molecule has 0 saturated carbocycles. The normalized spacial score (nSPS) is 13.2. The quantitative estimate of drug-likeness (QED) is 0.844. The zero-order chi connectivity index (χ0) is 14.8. The Bertz CT molecular complexity index is 578. The van der Waals surface area contributed by atoms with Crippen LogP contribution in [-0.2, 0) is 12.6 Å². The van der Waals surface area contributed by atoms with E-state index in [0.29, 0.717) is 0 Å². The highest BCUT2D eigenvalue weighted by atomic mass is 19.4. The summed E-state index contributed by atoms with van der Waals surface area (Å²) in [6, 6.07) is 10.4. The monoisotopic (exact) mass is 283 g/mol. The average molecular weight is 283 g/mol. The molecular formula is C15H13F4N. The van der Waals surface area contributed by atoms with Crippen LogP contribution in [0.15, 0.2) is 48.5 Å². The van der Waals surface area contributed by atoms with Crippen molar-refractivity contribution in [1.82, 2.24) is 0 Å². The molecule has 0 aromatic heterocycles. The van der Waals surface area contributed by atoms with Crippen molar-refractivity contribution in [2.45, 2.75) is 18.6 Å². The molecule has 0 aliphatic rings. The van der Waals surface area contributed by atoms with E-state index in [9.17, 15) is 17.6 Å². The highest BCUT2D eigenvalue weighted by molar-refractivity contribution is 5.34. The number of alkyl halides is 3. The maximum Gasteiger partial charge on any atom is 0.416 e. The van der Waals surface area contributed by atoms with Crippen molar-refractivity contribution in [2.24, 2.45) is 5.73 Å². The van der Waals surface area contributed by atoms with Crippen LogP contribution in [0.25, 0.3) is 0 Å². The lowest BCUT2D eigenvalue weighted by molar-refractivity contribution is -0.138. The van der Waals surface area contributed by atoms with Gasteiger partial charge in [0.1, 0.15) is 5.82 Å². The molecule has 5 heteroatoms. The van der Waals surface area contributed by atoms with Crippen LogP contribution in [0.4, 0.5) is 17.6 Å². The Morgan fingerprint density at radius 3 is 2.25 bits per heavy atom. The Balaban J connectivity index is 2.34. The Kier molecular flexibility index (Phi) is 4.09. The summed E-state index contributed by atoms with van der Waals surface area (Å²) in [5, 5.41) is 0. The zero-order valence-electron chi connectivity index (χ0n) is 10.5. The molecule has 2 aromatic carbocycles. The van der Waals surface area contributed by atoms with Crippen LogP contribution in [0.3, 0.4) is 0 Å². The third kappa shape index (κ3) is 3.36. The van der Waals surface area contributed by atoms with E-state index >= 15 is 0 Å². The van der Waals surface area contributed by atoms with Gasteiger partial charge < -0.3 is 5.73 Å². The van der Waals surface area contributed by atoms with Gasteiger partial charge in [0.25, 0.3) is 0 Å². The summed E-state index contributed by atoms with van der Waals surface area (Å²) in [4.78, 5) is 0. The number of hydrogen-bond donors (Lipinski definition) is 1. The Hall–Kier alpha value is -1.88. The largest absolute Gasteiger partial charge is 0.416 e. The van der Waals surface area contributed by atoms with E-state index in [1.165, 1.54) is 0 Å². The first-order chi connectivity index (χ1) is 9.38. The lowest BCUT2D eigenvalue weighted by Gasteiger charge is -2.18. The van der Waals surface area contributed by atoms with E-state index < -0.39 is 23.6 Å². The van der Waals surface area contributed by atoms with Gasteiger partial charge in [0.2, 0.25) is 0 Å². The van der Waals surface area contributed by atoms with Gasteiger partial charge in [-0.1, -0.05) is 30.3 Å². The van der Waals surface area contributed by atoms with Crippen molar-refractivity contribution in [3.05, 3.63) is 71.0 Å². The van der Waals surface area contributed by atoms with Crippen LogP contribution < -0.4 is 5.73 Å². The minimum absolute atomic E-state index is 0.216. The fraction of sp³-hybridized carbons (Fsp3) is 0.200.